The predicted molar refractivity (Wildman–Crippen MR) is 87.9 cm³/mol. The Morgan fingerprint density at radius 2 is 2.04 bits per heavy atom. The van der Waals surface area contributed by atoms with Gasteiger partial charge in [-0.1, -0.05) is 20.8 Å². The summed E-state index contributed by atoms with van der Waals surface area (Å²) in [5, 5.41) is 14.1. The first kappa shape index (κ1) is 17.0. The predicted octanol–water partition coefficient (Wildman–Crippen LogP) is 2.42. The molecule has 0 fully saturated rings. The SMILES string of the molecule is CCCn1ncnc1C(C)NC(=O)Nc1ccnn1CC(C)C. The Labute approximate surface area is 136 Å². The number of carbonyl (C=O) groups excluding carboxylic acids is 1. The topological polar surface area (TPSA) is 89.7 Å². The molecule has 2 aromatic heterocycles. The fraction of sp³-hybridized carbons (Fsp3) is 0.600. The average Bonchev–Trinajstić information content (AvgIpc) is 3.09. The molecule has 23 heavy (non-hydrogen) atoms. The highest BCUT2D eigenvalue weighted by atomic mass is 16.2. The van der Waals surface area contributed by atoms with E-state index >= 15 is 0 Å². The van der Waals surface area contributed by atoms with E-state index in [1.165, 1.54) is 6.33 Å². The molecule has 2 N–H and O–H groups in total. The number of aromatic nitrogens is 5. The monoisotopic (exact) mass is 319 g/mol. The summed E-state index contributed by atoms with van der Waals surface area (Å²) in [6.45, 7) is 9.71. The molecule has 1 atom stereocenters. The number of nitrogens with zero attached hydrogens (tertiary/aromatic N) is 5. The highest BCUT2D eigenvalue weighted by molar-refractivity contribution is 5.88. The number of urea groups is 1. The first-order valence-corrected chi connectivity index (χ1v) is 7.98. The van der Waals surface area contributed by atoms with E-state index in [9.17, 15) is 4.79 Å². The number of amides is 2. The van der Waals surface area contributed by atoms with Crippen molar-refractivity contribution in [1.82, 2.24) is 29.9 Å². The van der Waals surface area contributed by atoms with E-state index < -0.39 is 0 Å². The Balaban J connectivity index is 1.96. The maximum absolute atomic E-state index is 12.2. The molecule has 0 radical (unpaired) electrons. The van der Waals surface area contributed by atoms with E-state index in [4.69, 9.17) is 0 Å². The minimum atomic E-state index is -0.283. The molecule has 2 aromatic rings. The third-order valence-corrected chi connectivity index (χ3v) is 3.31. The highest BCUT2D eigenvalue weighted by Crippen LogP contribution is 2.12. The van der Waals surface area contributed by atoms with Gasteiger partial charge in [-0.25, -0.2) is 19.1 Å². The number of rotatable bonds is 7. The molecule has 2 amide bonds. The normalized spacial score (nSPS) is 12.4. The standard InChI is InChI=1S/C15H25N7O/c1-5-8-21-14(16-10-18-21)12(4)19-15(23)20-13-6-7-17-22(13)9-11(2)3/h6-7,10-12H,5,8-9H2,1-4H3,(H2,19,20,23). The van der Waals surface area contributed by atoms with Crippen LogP contribution in [-0.2, 0) is 13.1 Å². The van der Waals surface area contributed by atoms with Gasteiger partial charge >= 0.3 is 6.03 Å². The number of carbonyl (C=O) groups is 1. The lowest BCUT2D eigenvalue weighted by Gasteiger charge is -2.16. The van der Waals surface area contributed by atoms with Gasteiger partial charge in [-0.05, 0) is 19.3 Å². The lowest BCUT2D eigenvalue weighted by molar-refractivity contribution is 0.248. The summed E-state index contributed by atoms with van der Waals surface area (Å²) < 4.78 is 3.60. The van der Waals surface area contributed by atoms with Crippen LogP contribution in [0.25, 0.3) is 0 Å². The molecule has 0 aliphatic heterocycles. The van der Waals surface area contributed by atoms with Crippen molar-refractivity contribution in [1.29, 1.82) is 0 Å². The molecular formula is C15H25N7O. The van der Waals surface area contributed by atoms with Crippen molar-refractivity contribution in [3.63, 3.8) is 0 Å². The summed E-state index contributed by atoms with van der Waals surface area (Å²) in [5.41, 5.74) is 0. The molecule has 126 valence electrons. The molecule has 0 saturated carbocycles. The molecule has 1 unspecified atom stereocenters. The molecule has 2 rings (SSSR count). The van der Waals surface area contributed by atoms with Gasteiger partial charge in [-0.15, -0.1) is 0 Å². The van der Waals surface area contributed by atoms with Crippen LogP contribution in [0.5, 0.6) is 0 Å². The van der Waals surface area contributed by atoms with E-state index in [1.807, 2.05) is 11.6 Å². The summed E-state index contributed by atoms with van der Waals surface area (Å²) in [5.74, 6) is 1.88. The number of aryl methyl sites for hydroxylation is 1. The molecule has 0 aromatic carbocycles. The third-order valence-electron chi connectivity index (χ3n) is 3.31. The Hall–Kier alpha value is -2.38. The van der Waals surface area contributed by atoms with Crippen molar-refractivity contribution in [2.24, 2.45) is 5.92 Å². The van der Waals surface area contributed by atoms with Crippen molar-refractivity contribution in [2.45, 2.75) is 53.2 Å². The van der Waals surface area contributed by atoms with Crippen molar-refractivity contribution >= 4 is 11.8 Å². The quantitative estimate of drug-likeness (QED) is 0.820. The minimum absolute atomic E-state index is 0.231. The molecular weight excluding hydrogens is 294 g/mol. The second-order valence-corrected chi connectivity index (χ2v) is 5.95. The Bertz CT molecular complexity index is 631. The van der Waals surface area contributed by atoms with Crippen LogP contribution in [0.1, 0.15) is 46.0 Å². The van der Waals surface area contributed by atoms with Crippen LogP contribution in [0.15, 0.2) is 18.6 Å². The van der Waals surface area contributed by atoms with Gasteiger partial charge in [0.05, 0.1) is 12.2 Å². The fourth-order valence-corrected chi connectivity index (χ4v) is 2.34. The van der Waals surface area contributed by atoms with Gasteiger partial charge in [0.2, 0.25) is 0 Å². The Kier molecular flexibility index (Phi) is 5.72. The van der Waals surface area contributed by atoms with E-state index in [0.717, 1.165) is 25.3 Å². The zero-order valence-electron chi connectivity index (χ0n) is 14.2. The van der Waals surface area contributed by atoms with Crippen LogP contribution >= 0.6 is 0 Å². The van der Waals surface area contributed by atoms with Crippen molar-refractivity contribution < 1.29 is 4.79 Å². The highest BCUT2D eigenvalue weighted by Gasteiger charge is 2.16. The maximum Gasteiger partial charge on any atom is 0.320 e. The van der Waals surface area contributed by atoms with Crippen LogP contribution in [0, 0.1) is 5.92 Å². The van der Waals surface area contributed by atoms with E-state index in [0.29, 0.717) is 11.7 Å². The van der Waals surface area contributed by atoms with Crippen LogP contribution < -0.4 is 10.6 Å². The summed E-state index contributed by atoms with van der Waals surface area (Å²) in [4.78, 5) is 16.4. The van der Waals surface area contributed by atoms with Crippen LogP contribution in [-0.4, -0.2) is 30.6 Å². The molecule has 0 bridgehead atoms. The summed E-state index contributed by atoms with van der Waals surface area (Å²) in [7, 11) is 0. The first-order chi connectivity index (χ1) is 11.0. The maximum atomic E-state index is 12.2. The van der Waals surface area contributed by atoms with Crippen molar-refractivity contribution in [2.75, 3.05) is 5.32 Å². The number of hydrogen-bond acceptors (Lipinski definition) is 4. The molecule has 0 saturated heterocycles. The van der Waals surface area contributed by atoms with Gasteiger partial charge in [-0.3, -0.25) is 5.32 Å². The Morgan fingerprint density at radius 1 is 1.26 bits per heavy atom. The summed E-state index contributed by atoms with van der Waals surface area (Å²) in [6, 6.07) is 1.27. The summed E-state index contributed by atoms with van der Waals surface area (Å²) in [6.07, 6.45) is 4.15. The first-order valence-electron chi connectivity index (χ1n) is 7.98. The van der Waals surface area contributed by atoms with Gasteiger partial charge in [0.25, 0.3) is 0 Å². The lowest BCUT2D eigenvalue weighted by atomic mass is 10.2. The zero-order valence-corrected chi connectivity index (χ0v) is 14.2. The second kappa shape index (κ2) is 7.75. The van der Waals surface area contributed by atoms with Crippen molar-refractivity contribution in [3.8, 4) is 0 Å². The van der Waals surface area contributed by atoms with Gasteiger partial charge in [0, 0.05) is 19.2 Å². The van der Waals surface area contributed by atoms with E-state index in [1.54, 1.807) is 16.9 Å². The van der Waals surface area contributed by atoms with Gasteiger partial charge in [0.1, 0.15) is 18.0 Å². The average molecular weight is 319 g/mol. The second-order valence-electron chi connectivity index (χ2n) is 5.95. The molecule has 2 heterocycles. The molecule has 0 aliphatic carbocycles. The molecule has 8 nitrogen and oxygen atoms in total. The van der Waals surface area contributed by atoms with Gasteiger partial charge in [-0.2, -0.15) is 10.2 Å². The van der Waals surface area contributed by atoms with Gasteiger partial charge < -0.3 is 5.32 Å². The third kappa shape index (κ3) is 4.54. The zero-order chi connectivity index (χ0) is 16.8. The summed E-state index contributed by atoms with van der Waals surface area (Å²) >= 11 is 0. The van der Waals surface area contributed by atoms with E-state index in [2.05, 4.69) is 46.6 Å². The van der Waals surface area contributed by atoms with Crippen molar-refractivity contribution in [3.05, 3.63) is 24.4 Å². The lowest BCUT2D eigenvalue weighted by Crippen LogP contribution is -2.33. The number of nitrogens with one attached hydrogen (secondary N) is 2. The van der Waals surface area contributed by atoms with Crippen LogP contribution in [0.3, 0.4) is 0 Å². The fourth-order valence-electron chi connectivity index (χ4n) is 2.34. The molecule has 0 spiro atoms. The van der Waals surface area contributed by atoms with Gasteiger partial charge in [0.15, 0.2) is 0 Å². The number of hydrogen-bond donors (Lipinski definition) is 2. The minimum Gasteiger partial charge on any atom is -0.328 e. The van der Waals surface area contributed by atoms with E-state index in [-0.39, 0.29) is 12.1 Å². The van der Waals surface area contributed by atoms with Crippen LogP contribution in [0.2, 0.25) is 0 Å². The number of anilines is 1. The van der Waals surface area contributed by atoms with Crippen LogP contribution in [0.4, 0.5) is 10.6 Å². The Morgan fingerprint density at radius 3 is 2.74 bits per heavy atom. The molecule has 8 heteroatoms. The molecule has 0 aliphatic rings. The largest absolute Gasteiger partial charge is 0.328 e. The smallest absolute Gasteiger partial charge is 0.320 e.